The van der Waals surface area contributed by atoms with Gasteiger partial charge in [0.2, 0.25) is 0 Å². The largest absolute Gasteiger partial charge is 0.309 e. The summed E-state index contributed by atoms with van der Waals surface area (Å²) in [5.74, 6) is 0.0210. The Kier molecular flexibility index (Phi) is 2.21. The highest BCUT2D eigenvalue weighted by atomic mass is 35.5. The molecule has 0 unspecified atom stereocenters. The van der Waals surface area contributed by atoms with Gasteiger partial charge in [0.15, 0.2) is 0 Å². The van der Waals surface area contributed by atoms with Crippen molar-refractivity contribution in [3.8, 4) is 0 Å². The first-order valence-electron chi connectivity index (χ1n) is 3.95. The van der Waals surface area contributed by atoms with Gasteiger partial charge in [-0.2, -0.15) is 0 Å². The monoisotopic (exact) mass is 212 g/mol. The topological polar surface area (TPSA) is 45.8 Å². The Hall–Kier alpha value is -1.42. The second-order valence-electron chi connectivity index (χ2n) is 2.81. The summed E-state index contributed by atoms with van der Waals surface area (Å²) in [7, 11) is 0. The molecule has 14 heavy (non-hydrogen) atoms. The van der Waals surface area contributed by atoms with Crippen LogP contribution in [-0.2, 0) is 5.88 Å². The summed E-state index contributed by atoms with van der Waals surface area (Å²) >= 11 is 5.51. The van der Waals surface area contributed by atoms with E-state index in [9.17, 15) is 9.18 Å². The predicted molar refractivity (Wildman–Crippen MR) is 51.9 cm³/mol. The maximum absolute atomic E-state index is 12.8. The van der Waals surface area contributed by atoms with Crippen molar-refractivity contribution in [1.82, 2.24) is 9.97 Å². The number of fused-ring (bicyclic) bond motifs is 1. The molecule has 0 aliphatic rings. The molecule has 5 heteroatoms. The summed E-state index contributed by atoms with van der Waals surface area (Å²) in [4.78, 5) is 17.9. The Morgan fingerprint density at radius 3 is 3.00 bits per heavy atom. The van der Waals surface area contributed by atoms with Crippen LogP contribution >= 0.6 is 11.6 Å². The molecule has 0 bridgehead atoms. The van der Waals surface area contributed by atoms with Crippen LogP contribution in [0.1, 0.15) is 5.82 Å². The summed E-state index contributed by atoms with van der Waals surface area (Å²) in [5.41, 5.74) is 0.0232. The van der Waals surface area contributed by atoms with Crippen molar-refractivity contribution in [3.63, 3.8) is 0 Å². The third-order valence-corrected chi connectivity index (χ3v) is 2.10. The van der Waals surface area contributed by atoms with E-state index < -0.39 is 5.82 Å². The van der Waals surface area contributed by atoms with E-state index in [1.807, 2.05) is 0 Å². The first kappa shape index (κ1) is 9.15. The van der Waals surface area contributed by atoms with Gasteiger partial charge in [0, 0.05) is 6.07 Å². The average molecular weight is 213 g/mol. The van der Waals surface area contributed by atoms with E-state index in [1.54, 1.807) is 0 Å². The zero-order chi connectivity index (χ0) is 10.1. The van der Waals surface area contributed by atoms with Crippen LogP contribution in [0, 0.1) is 5.82 Å². The van der Waals surface area contributed by atoms with Gasteiger partial charge in [-0.25, -0.2) is 9.37 Å². The molecule has 0 spiro atoms. The van der Waals surface area contributed by atoms with E-state index in [0.29, 0.717) is 16.7 Å². The van der Waals surface area contributed by atoms with Crippen LogP contribution in [0.15, 0.2) is 23.0 Å². The maximum atomic E-state index is 12.8. The molecule has 0 saturated carbocycles. The molecule has 3 nitrogen and oxygen atoms in total. The molecular formula is C9H6ClFN2O. The molecule has 1 aromatic carbocycles. The fourth-order valence-corrected chi connectivity index (χ4v) is 1.35. The lowest BCUT2D eigenvalue weighted by atomic mass is 10.2. The molecular weight excluding hydrogens is 207 g/mol. The van der Waals surface area contributed by atoms with E-state index >= 15 is 0 Å². The number of nitrogens with one attached hydrogen (secondary N) is 1. The molecule has 0 saturated heterocycles. The lowest BCUT2D eigenvalue weighted by molar-refractivity contribution is 0.629. The molecule has 2 rings (SSSR count). The molecule has 0 radical (unpaired) electrons. The van der Waals surface area contributed by atoms with Crippen molar-refractivity contribution in [1.29, 1.82) is 0 Å². The maximum Gasteiger partial charge on any atom is 0.258 e. The average Bonchev–Trinajstić information content (AvgIpc) is 2.16. The van der Waals surface area contributed by atoms with Crippen LogP contribution in [0.5, 0.6) is 0 Å². The number of alkyl halides is 1. The molecule has 0 aliphatic carbocycles. The summed E-state index contributed by atoms with van der Waals surface area (Å²) in [6.45, 7) is 0. The normalized spacial score (nSPS) is 10.7. The van der Waals surface area contributed by atoms with Crippen LogP contribution in [0.4, 0.5) is 4.39 Å². The molecule has 0 fully saturated rings. The van der Waals surface area contributed by atoms with E-state index in [4.69, 9.17) is 11.6 Å². The predicted octanol–water partition coefficient (Wildman–Crippen LogP) is 1.80. The number of aromatic amines is 1. The lowest BCUT2D eigenvalue weighted by Crippen LogP contribution is -2.10. The molecule has 0 amide bonds. The van der Waals surface area contributed by atoms with E-state index in [2.05, 4.69) is 9.97 Å². The minimum atomic E-state index is -0.420. The zero-order valence-corrected chi connectivity index (χ0v) is 7.81. The van der Waals surface area contributed by atoms with Crippen LogP contribution in [0.3, 0.4) is 0 Å². The van der Waals surface area contributed by atoms with Crippen LogP contribution in [0.25, 0.3) is 10.9 Å². The second-order valence-corrected chi connectivity index (χ2v) is 3.07. The van der Waals surface area contributed by atoms with Gasteiger partial charge >= 0.3 is 0 Å². The Labute approximate surface area is 83.5 Å². The van der Waals surface area contributed by atoms with Gasteiger partial charge in [0.05, 0.1) is 16.8 Å². The summed E-state index contributed by atoms with van der Waals surface area (Å²) in [6, 6.07) is 3.83. The number of aromatic nitrogens is 2. The quantitative estimate of drug-likeness (QED) is 0.733. The Bertz CT molecular complexity index is 538. The smallest absolute Gasteiger partial charge is 0.258 e. The third kappa shape index (κ3) is 1.48. The second kappa shape index (κ2) is 3.38. The minimum absolute atomic E-state index is 0.0989. The molecule has 1 heterocycles. The number of benzene rings is 1. The Balaban J connectivity index is 2.84. The first-order valence-corrected chi connectivity index (χ1v) is 4.48. The summed E-state index contributed by atoms with van der Waals surface area (Å²) < 4.78 is 12.8. The first-order chi connectivity index (χ1) is 6.70. The number of hydrogen-bond acceptors (Lipinski definition) is 2. The number of nitrogens with zero attached hydrogens (tertiary/aromatic N) is 1. The van der Waals surface area contributed by atoms with Crippen molar-refractivity contribution >= 4 is 22.5 Å². The van der Waals surface area contributed by atoms with Crippen LogP contribution in [0.2, 0.25) is 0 Å². The summed E-state index contributed by atoms with van der Waals surface area (Å²) in [6.07, 6.45) is 0. The Morgan fingerprint density at radius 1 is 1.50 bits per heavy atom. The van der Waals surface area contributed by atoms with E-state index in [1.165, 1.54) is 18.2 Å². The fraction of sp³-hybridized carbons (Fsp3) is 0.111. The van der Waals surface area contributed by atoms with Gasteiger partial charge < -0.3 is 4.98 Å². The van der Waals surface area contributed by atoms with Crippen LogP contribution in [-0.4, -0.2) is 9.97 Å². The van der Waals surface area contributed by atoms with Gasteiger partial charge in [-0.15, -0.1) is 11.6 Å². The minimum Gasteiger partial charge on any atom is -0.309 e. The molecule has 1 aromatic heterocycles. The van der Waals surface area contributed by atoms with Gasteiger partial charge in [-0.1, -0.05) is 0 Å². The molecule has 0 atom stereocenters. The number of rotatable bonds is 1. The van der Waals surface area contributed by atoms with Crippen molar-refractivity contribution in [2.75, 3.05) is 0 Å². The summed E-state index contributed by atoms with van der Waals surface area (Å²) in [5, 5.41) is 0.361. The Morgan fingerprint density at radius 2 is 2.29 bits per heavy atom. The number of H-pyrrole nitrogens is 1. The lowest BCUT2D eigenvalue weighted by Gasteiger charge is -1.99. The highest BCUT2D eigenvalue weighted by Gasteiger charge is 2.03. The molecule has 1 N–H and O–H groups in total. The van der Waals surface area contributed by atoms with Crippen molar-refractivity contribution in [2.24, 2.45) is 0 Å². The number of hydrogen-bond donors (Lipinski definition) is 1. The van der Waals surface area contributed by atoms with Gasteiger partial charge in [0.1, 0.15) is 11.6 Å². The van der Waals surface area contributed by atoms with E-state index in [0.717, 1.165) is 0 Å². The standard InChI is InChI=1S/C9H6ClFN2O/c10-4-8-12-7-3-5(11)1-2-6(7)9(14)13-8/h1-3H,4H2,(H,12,13,14). The molecule has 0 aliphatic heterocycles. The van der Waals surface area contributed by atoms with Gasteiger partial charge in [-0.3, -0.25) is 4.79 Å². The SMILES string of the molecule is O=c1[nH]c(CCl)nc2cc(F)ccc12. The highest BCUT2D eigenvalue weighted by molar-refractivity contribution is 6.16. The van der Waals surface area contributed by atoms with Crippen molar-refractivity contribution < 1.29 is 4.39 Å². The van der Waals surface area contributed by atoms with E-state index in [-0.39, 0.29) is 11.4 Å². The highest BCUT2D eigenvalue weighted by Crippen LogP contribution is 2.09. The van der Waals surface area contributed by atoms with Crippen molar-refractivity contribution in [3.05, 3.63) is 40.2 Å². The van der Waals surface area contributed by atoms with Crippen molar-refractivity contribution in [2.45, 2.75) is 5.88 Å². The van der Waals surface area contributed by atoms with Crippen LogP contribution < -0.4 is 5.56 Å². The zero-order valence-electron chi connectivity index (χ0n) is 7.05. The van der Waals surface area contributed by atoms with Gasteiger partial charge in [-0.05, 0) is 12.1 Å². The van der Waals surface area contributed by atoms with Gasteiger partial charge in [0.25, 0.3) is 5.56 Å². The number of halogens is 2. The fourth-order valence-electron chi connectivity index (χ4n) is 1.22. The molecule has 2 aromatic rings. The molecule has 72 valence electrons. The third-order valence-electron chi connectivity index (χ3n) is 1.84.